The molecule has 0 aromatic heterocycles. The van der Waals surface area contributed by atoms with Gasteiger partial charge in [-0.2, -0.15) is 0 Å². The molecule has 0 aromatic rings. The molecule has 0 N–H and O–H groups in total. The lowest BCUT2D eigenvalue weighted by Gasteiger charge is -2.08. The number of hydrogen-bond acceptors (Lipinski definition) is 14. The van der Waals surface area contributed by atoms with E-state index in [-0.39, 0.29) is 0 Å². The molecule has 0 aliphatic carbocycles. The Kier molecular flexibility index (Phi) is 12.3. The van der Waals surface area contributed by atoms with Gasteiger partial charge in [0.15, 0.2) is 0 Å². The van der Waals surface area contributed by atoms with Crippen molar-refractivity contribution in [2.24, 2.45) is 0 Å². The normalized spacial score (nSPS) is 23.3. The Labute approximate surface area is 269 Å². The molecule has 0 radical (unpaired) electrons. The Balaban J connectivity index is 1.09. The minimum Gasteiger partial charge on any atom is -0.121 e. The summed E-state index contributed by atoms with van der Waals surface area (Å²) < 4.78 is 15.1. The summed E-state index contributed by atoms with van der Waals surface area (Å²) in [7, 11) is 0. The molecule has 0 nitrogen and oxygen atoms in total. The SMILES string of the molecule is CSC1=C(SCCCSC2=C(SC)SC(=C3SC4=C(SCCS4)S3)S2)SC(=C2SC(C)=C(C)S2)S1. The molecule has 0 atom stereocenters. The van der Waals surface area contributed by atoms with Crippen molar-refractivity contribution >= 4 is 165 Å². The van der Waals surface area contributed by atoms with E-state index in [9.17, 15) is 0 Å². The lowest BCUT2D eigenvalue weighted by atomic mass is 10.6. The molecule has 0 fully saturated rings. The zero-order chi connectivity index (χ0) is 24.4. The smallest absolute Gasteiger partial charge is 0.0717 e. The summed E-state index contributed by atoms with van der Waals surface area (Å²) >= 11 is 28.0. The highest BCUT2D eigenvalue weighted by molar-refractivity contribution is 8.45. The summed E-state index contributed by atoms with van der Waals surface area (Å²) in [5.74, 6) is 4.91. The third kappa shape index (κ3) is 7.60. The Hall–Kier alpha value is 3.34. The van der Waals surface area contributed by atoms with Gasteiger partial charge in [0.1, 0.15) is 0 Å². The molecule has 0 spiro atoms. The summed E-state index contributed by atoms with van der Waals surface area (Å²) in [6.45, 7) is 4.49. The van der Waals surface area contributed by atoms with Crippen molar-refractivity contribution in [2.75, 3.05) is 35.5 Å². The molecule has 0 amide bonds. The zero-order valence-electron chi connectivity index (χ0n) is 19.3. The molecule has 0 aromatic carbocycles. The fraction of sp³-hybridized carbons (Fsp3) is 0.429. The van der Waals surface area contributed by atoms with E-state index in [1.807, 2.05) is 141 Å². The van der Waals surface area contributed by atoms with Gasteiger partial charge in [0, 0.05) is 11.5 Å². The largest absolute Gasteiger partial charge is 0.121 e. The van der Waals surface area contributed by atoms with Gasteiger partial charge in [-0.15, -0.1) is 70.6 Å². The molecular weight excluding hydrogens is 701 g/mol. The van der Waals surface area contributed by atoms with Crippen LogP contribution in [0.15, 0.2) is 52.2 Å². The van der Waals surface area contributed by atoms with Gasteiger partial charge in [0.25, 0.3) is 0 Å². The third-order valence-corrected chi connectivity index (χ3v) is 25.0. The van der Waals surface area contributed by atoms with Gasteiger partial charge in [-0.1, -0.05) is 94.1 Å². The molecule has 5 rings (SSSR count). The quantitative estimate of drug-likeness (QED) is 0.218. The fourth-order valence-corrected chi connectivity index (χ4v) is 23.0. The van der Waals surface area contributed by atoms with Gasteiger partial charge in [-0.05, 0) is 54.1 Å². The Morgan fingerprint density at radius 2 is 0.914 bits per heavy atom. The molecular formula is C21H22S14. The van der Waals surface area contributed by atoms with E-state index in [4.69, 9.17) is 0 Å². The summed E-state index contributed by atoms with van der Waals surface area (Å²) in [4.78, 5) is 2.92. The summed E-state index contributed by atoms with van der Waals surface area (Å²) in [5.41, 5.74) is 0. The van der Waals surface area contributed by atoms with E-state index in [2.05, 4.69) is 49.9 Å². The van der Waals surface area contributed by atoms with Gasteiger partial charge in [-0.25, -0.2) is 0 Å². The molecule has 0 saturated carbocycles. The molecule has 14 heteroatoms. The van der Waals surface area contributed by atoms with Crippen LogP contribution >= 0.6 is 165 Å². The molecule has 35 heavy (non-hydrogen) atoms. The summed E-state index contributed by atoms with van der Waals surface area (Å²) in [6, 6.07) is 0. The van der Waals surface area contributed by atoms with Crippen molar-refractivity contribution in [1.29, 1.82) is 0 Å². The Bertz CT molecular complexity index is 1040. The van der Waals surface area contributed by atoms with Crippen molar-refractivity contribution < 1.29 is 0 Å². The molecule has 5 aliphatic rings. The van der Waals surface area contributed by atoms with Gasteiger partial charge in [0.2, 0.25) is 0 Å². The zero-order valence-corrected chi connectivity index (χ0v) is 30.7. The maximum atomic E-state index is 2.24. The van der Waals surface area contributed by atoms with E-state index in [0.29, 0.717) is 0 Å². The molecule has 5 heterocycles. The fourth-order valence-electron chi connectivity index (χ4n) is 2.85. The molecule has 0 unspecified atom stereocenters. The van der Waals surface area contributed by atoms with Crippen LogP contribution in [-0.2, 0) is 0 Å². The van der Waals surface area contributed by atoms with Crippen LogP contribution in [0.25, 0.3) is 0 Å². The lowest BCUT2D eigenvalue weighted by Crippen LogP contribution is -1.88. The maximum absolute atomic E-state index is 2.24. The van der Waals surface area contributed by atoms with E-state index in [0.717, 1.165) is 0 Å². The topological polar surface area (TPSA) is 0 Å². The van der Waals surface area contributed by atoms with Crippen molar-refractivity contribution in [3.05, 3.63) is 52.2 Å². The van der Waals surface area contributed by atoms with Crippen LogP contribution in [0.1, 0.15) is 20.3 Å². The van der Waals surface area contributed by atoms with Crippen LogP contribution in [0, 0.1) is 0 Å². The highest BCUT2D eigenvalue weighted by atomic mass is 32.3. The summed E-state index contributed by atoms with van der Waals surface area (Å²) in [5, 5.41) is 0. The van der Waals surface area contributed by atoms with Gasteiger partial charge in [0.05, 0.1) is 42.4 Å². The predicted octanol–water partition coefficient (Wildman–Crippen LogP) is 12.9. The summed E-state index contributed by atoms with van der Waals surface area (Å²) in [6.07, 6.45) is 5.70. The van der Waals surface area contributed by atoms with Crippen molar-refractivity contribution in [2.45, 2.75) is 20.3 Å². The second-order valence-electron chi connectivity index (χ2n) is 6.96. The van der Waals surface area contributed by atoms with E-state index in [1.165, 1.54) is 73.1 Å². The minimum atomic E-state index is 1.20. The van der Waals surface area contributed by atoms with Gasteiger partial charge >= 0.3 is 0 Å². The van der Waals surface area contributed by atoms with Crippen LogP contribution in [0.4, 0.5) is 0 Å². The minimum absolute atomic E-state index is 1.20. The second-order valence-corrected chi connectivity index (χ2v) is 24.2. The number of allylic oxidation sites excluding steroid dienone is 2. The van der Waals surface area contributed by atoms with Crippen LogP contribution in [-0.4, -0.2) is 35.5 Å². The van der Waals surface area contributed by atoms with Crippen molar-refractivity contribution in [3.8, 4) is 0 Å². The van der Waals surface area contributed by atoms with E-state index < -0.39 is 0 Å². The standard InChI is InChI=1S/C21H22S14/c1-10-11(2)29-18(28-10)19-30-12(22-3)14(32-19)24-6-5-7-25-15-13(23-4)31-20(33-15)21-34-16-17(35-21)27-9-8-26-16/h5-9H2,1-4H3. The predicted molar refractivity (Wildman–Crippen MR) is 196 cm³/mol. The van der Waals surface area contributed by atoms with Gasteiger partial charge < -0.3 is 0 Å². The van der Waals surface area contributed by atoms with Crippen LogP contribution in [0.3, 0.4) is 0 Å². The number of rotatable bonds is 8. The first-order chi connectivity index (χ1) is 17.1. The second kappa shape index (κ2) is 14.5. The maximum Gasteiger partial charge on any atom is 0.0717 e. The first kappa shape index (κ1) is 29.8. The van der Waals surface area contributed by atoms with E-state index >= 15 is 0 Å². The molecule has 0 saturated heterocycles. The molecule has 5 aliphatic heterocycles. The molecule has 190 valence electrons. The number of hydrogen-bond donors (Lipinski definition) is 0. The van der Waals surface area contributed by atoms with E-state index in [1.54, 1.807) is 8.47 Å². The van der Waals surface area contributed by atoms with Crippen LogP contribution in [0.2, 0.25) is 0 Å². The van der Waals surface area contributed by atoms with Gasteiger partial charge in [-0.3, -0.25) is 0 Å². The number of thioether (sulfide) groups is 14. The van der Waals surface area contributed by atoms with Crippen LogP contribution in [0.5, 0.6) is 0 Å². The monoisotopic (exact) mass is 722 g/mol. The Morgan fingerprint density at radius 1 is 0.514 bits per heavy atom. The Morgan fingerprint density at radius 3 is 1.37 bits per heavy atom. The lowest BCUT2D eigenvalue weighted by molar-refractivity contribution is 1.13. The average molecular weight is 723 g/mol. The van der Waals surface area contributed by atoms with Crippen molar-refractivity contribution in [1.82, 2.24) is 0 Å². The van der Waals surface area contributed by atoms with Crippen LogP contribution < -0.4 is 0 Å². The molecule has 0 bridgehead atoms. The first-order valence-corrected chi connectivity index (χ1v) is 23.4. The first-order valence-electron chi connectivity index (χ1n) is 10.5. The highest BCUT2D eigenvalue weighted by Gasteiger charge is 2.32. The third-order valence-electron chi connectivity index (χ3n) is 4.61. The highest BCUT2D eigenvalue weighted by Crippen LogP contribution is 2.67. The van der Waals surface area contributed by atoms with Crippen molar-refractivity contribution in [3.63, 3.8) is 0 Å². The average Bonchev–Trinajstić information content (AvgIpc) is 3.63.